The Bertz CT molecular complexity index is 1110. The van der Waals surface area contributed by atoms with E-state index in [4.69, 9.17) is 0 Å². The van der Waals surface area contributed by atoms with Crippen LogP contribution in [0.2, 0.25) is 0 Å². The molecule has 1 amide bonds. The van der Waals surface area contributed by atoms with Gasteiger partial charge in [-0.25, -0.2) is 0 Å². The fourth-order valence-corrected chi connectivity index (χ4v) is 3.04. The lowest BCUT2D eigenvalue weighted by Gasteiger charge is -2.11. The predicted molar refractivity (Wildman–Crippen MR) is 104 cm³/mol. The number of benzene rings is 2. The average molecular weight is 374 g/mol. The molecule has 7 heteroatoms. The number of fused-ring (bicyclic) bond motifs is 1. The SMILES string of the molecule is Cc1cc(CNC(=O)C[n+]2ccccc2)c(O)c(-n2nc3ccccc3n2)c1. The van der Waals surface area contributed by atoms with Crippen LogP contribution in [0.5, 0.6) is 5.75 Å². The van der Waals surface area contributed by atoms with E-state index in [1.165, 1.54) is 4.80 Å². The zero-order valence-corrected chi connectivity index (χ0v) is 15.4. The van der Waals surface area contributed by atoms with E-state index in [-0.39, 0.29) is 24.7 Å². The Morgan fingerprint density at radius 1 is 1.07 bits per heavy atom. The summed E-state index contributed by atoms with van der Waals surface area (Å²) in [6.45, 7) is 2.36. The highest BCUT2D eigenvalue weighted by atomic mass is 16.3. The van der Waals surface area contributed by atoms with Crippen molar-refractivity contribution < 1.29 is 14.5 Å². The lowest BCUT2D eigenvalue weighted by Crippen LogP contribution is -2.42. The first-order valence-corrected chi connectivity index (χ1v) is 8.96. The van der Waals surface area contributed by atoms with Gasteiger partial charge in [-0.05, 0) is 30.7 Å². The van der Waals surface area contributed by atoms with Gasteiger partial charge in [-0.15, -0.1) is 15.0 Å². The minimum absolute atomic E-state index is 0.0542. The third kappa shape index (κ3) is 3.68. The highest BCUT2D eigenvalue weighted by Gasteiger charge is 2.15. The summed E-state index contributed by atoms with van der Waals surface area (Å²) in [5, 5.41) is 22.5. The summed E-state index contributed by atoms with van der Waals surface area (Å²) in [6, 6.07) is 16.8. The summed E-state index contributed by atoms with van der Waals surface area (Å²) in [5.41, 5.74) is 3.53. The van der Waals surface area contributed by atoms with Gasteiger partial charge in [-0.1, -0.05) is 24.3 Å². The highest BCUT2D eigenvalue weighted by Crippen LogP contribution is 2.28. The molecule has 0 atom stereocenters. The van der Waals surface area contributed by atoms with Crippen LogP contribution in [-0.4, -0.2) is 26.0 Å². The number of aromatic hydroxyl groups is 1. The van der Waals surface area contributed by atoms with E-state index in [1.54, 1.807) is 4.57 Å². The molecule has 0 unspecified atom stereocenters. The Morgan fingerprint density at radius 2 is 1.75 bits per heavy atom. The van der Waals surface area contributed by atoms with Crippen LogP contribution >= 0.6 is 0 Å². The number of amides is 1. The van der Waals surface area contributed by atoms with Crippen LogP contribution in [0, 0.1) is 6.92 Å². The van der Waals surface area contributed by atoms with Crippen molar-refractivity contribution in [2.24, 2.45) is 0 Å². The number of nitrogens with one attached hydrogen (secondary N) is 1. The molecule has 0 saturated carbocycles. The molecule has 2 N–H and O–H groups in total. The van der Waals surface area contributed by atoms with Crippen molar-refractivity contribution in [1.29, 1.82) is 0 Å². The van der Waals surface area contributed by atoms with E-state index < -0.39 is 0 Å². The number of phenolic OH excluding ortho intramolecular Hbond substituents is 1. The monoisotopic (exact) mass is 374 g/mol. The van der Waals surface area contributed by atoms with Crippen LogP contribution in [0.1, 0.15) is 11.1 Å². The van der Waals surface area contributed by atoms with Gasteiger partial charge in [-0.3, -0.25) is 4.79 Å². The van der Waals surface area contributed by atoms with Gasteiger partial charge in [0.25, 0.3) is 5.91 Å². The number of rotatable bonds is 5. The van der Waals surface area contributed by atoms with Gasteiger partial charge in [0.05, 0.1) is 0 Å². The van der Waals surface area contributed by atoms with Crippen molar-refractivity contribution in [3.8, 4) is 11.4 Å². The first kappa shape index (κ1) is 17.7. The molecular weight excluding hydrogens is 354 g/mol. The number of nitrogens with zero attached hydrogens (tertiary/aromatic N) is 4. The second-order valence-corrected chi connectivity index (χ2v) is 6.59. The van der Waals surface area contributed by atoms with E-state index >= 15 is 0 Å². The smallest absolute Gasteiger partial charge is 0.286 e. The molecule has 28 heavy (non-hydrogen) atoms. The maximum absolute atomic E-state index is 12.2. The van der Waals surface area contributed by atoms with Crippen LogP contribution in [-0.2, 0) is 17.9 Å². The molecule has 0 radical (unpaired) electrons. The standard InChI is InChI=1S/C21H19N5O2/c1-15-11-16(13-22-20(27)14-25-9-5-2-6-10-25)21(28)19(12-15)26-23-17-7-3-4-8-18(17)24-26/h2-12H,13-14H2,1H3,(H-,22,27,28)/p+1. The molecule has 4 rings (SSSR count). The van der Waals surface area contributed by atoms with E-state index in [1.807, 2.05) is 73.9 Å². The van der Waals surface area contributed by atoms with E-state index in [0.717, 1.165) is 16.6 Å². The molecule has 0 bridgehead atoms. The van der Waals surface area contributed by atoms with Gasteiger partial charge in [0.15, 0.2) is 12.4 Å². The molecule has 0 spiro atoms. The molecule has 2 heterocycles. The summed E-state index contributed by atoms with van der Waals surface area (Å²) in [4.78, 5) is 13.6. The molecule has 4 aromatic rings. The summed E-state index contributed by atoms with van der Waals surface area (Å²) in [6.07, 6.45) is 3.66. The predicted octanol–water partition coefficient (Wildman–Crippen LogP) is 2.04. The molecule has 0 aliphatic carbocycles. The van der Waals surface area contributed by atoms with Gasteiger partial charge in [0, 0.05) is 24.2 Å². The average Bonchev–Trinajstić information content (AvgIpc) is 3.13. The highest BCUT2D eigenvalue weighted by molar-refractivity contribution is 5.75. The molecule has 0 aliphatic rings. The fourth-order valence-electron chi connectivity index (χ4n) is 3.04. The molecular formula is C21H20N5O2+. The largest absolute Gasteiger partial charge is 0.505 e. The number of aryl methyl sites for hydroxylation is 1. The number of carbonyl (C=O) groups excluding carboxylic acids is 1. The Labute approximate surface area is 161 Å². The summed E-state index contributed by atoms with van der Waals surface area (Å²) in [7, 11) is 0. The normalized spacial score (nSPS) is 10.9. The number of phenols is 1. The lowest BCUT2D eigenvalue weighted by atomic mass is 10.1. The van der Waals surface area contributed by atoms with Gasteiger partial charge < -0.3 is 10.4 Å². The number of aromatic nitrogens is 4. The fraction of sp³-hybridized carbons (Fsp3) is 0.143. The van der Waals surface area contributed by atoms with Crippen molar-refractivity contribution >= 4 is 16.9 Å². The van der Waals surface area contributed by atoms with Crippen LogP contribution in [0.3, 0.4) is 0 Å². The van der Waals surface area contributed by atoms with Gasteiger partial charge in [-0.2, -0.15) is 4.57 Å². The van der Waals surface area contributed by atoms with Crippen molar-refractivity contribution in [2.45, 2.75) is 20.0 Å². The van der Waals surface area contributed by atoms with Crippen molar-refractivity contribution in [2.75, 3.05) is 0 Å². The number of carbonyl (C=O) groups is 1. The van der Waals surface area contributed by atoms with Crippen molar-refractivity contribution in [3.05, 3.63) is 78.1 Å². The lowest BCUT2D eigenvalue weighted by molar-refractivity contribution is -0.684. The quantitative estimate of drug-likeness (QED) is 0.524. The molecule has 0 saturated heterocycles. The van der Waals surface area contributed by atoms with Crippen molar-refractivity contribution in [1.82, 2.24) is 20.3 Å². The zero-order chi connectivity index (χ0) is 19.5. The Balaban J connectivity index is 1.55. The second-order valence-electron chi connectivity index (χ2n) is 6.59. The molecule has 2 aromatic heterocycles. The van der Waals surface area contributed by atoms with Gasteiger partial charge in [0.2, 0.25) is 6.54 Å². The first-order valence-electron chi connectivity index (χ1n) is 8.96. The minimum Gasteiger partial charge on any atom is -0.505 e. The number of hydrogen-bond acceptors (Lipinski definition) is 4. The maximum Gasteiger partial charge on any atom is 0.286 e. The van der Waals surface area contributed by atoms with E-state index in [2.05, 4.69) is 15.5 Å². The topological polar surface area (TPSA) is 83.9 Å². The Morgan fingerprint density at radius 3 is 2.43 bits per heavy atom. The number of hydrogen-bond donors (Lipinski definition) is 2. The van der Waals surface area contributed by atoms with Gasteiger partial charge >= 0.3 is 0 Å². The van der Waals surface area contributed by atoms with Crippen LogP contribution < -0.4 is 9.88 Å². The summed E-state index contributed by atoms with van der Waals surface area (Å²) < 4.78 is 1.79. The summed E-state index contributed by atoms with van der Waals surface area (Å²) >= 11 is 0. The molecule has 2 aromatic carbocycles. The Kier molecular flexibility index (Phi) is 4.72. The minimum atomic E-state index is -0.137. The molecule has 140 valence electrons. The summed E-state index contributed by atoms with van der Waals surface area (Å²) in [5.74, 6) is -0.0832. The van der Waals surface area contributed by atoms with Crippen molar-refractivity contribution in [3.63, 3.8) is 0 Å². The first-order chi connectivity index (χ1) is 13.6. The molecule has 0 aliphatic heterocycles. The van der Waals surface area contributed by atoms with Crippen LogP contribution in [0.25, 0.3) is 16.7 Å². The number of pyridine rings is 1. The second kappa shape index (κ2) is 7.48. The maximum atomic E-state index is 12.2. The third-order valence-corrected chi connectivity index (χ3v) is 4.39. The van der Waals surface area contributed by atoms with E-state index in [9.17, 15) is 9.90 Å². The zero-order valence-electron chi connectivity index (χ0n) is 15.4. The van der Waals surface area contributed by atoms with E-state index in [0.29, 0.717) is 11.3 Å². The Hall–Kier alpha value is -3.74. The van der Waals surface area contributed by atoms with Crippen LogP contribution in [0.4, 0.5) is 0 Å². The van der Waals surface area contributed by atoms with Crippen LogP contribution in [0.15, 0.2) is 67.0 Å². The molecule has 7 nitrogen and oxygen atoms in total. The van der Waals surface area contributed by atoms with Gasteiger partial charge in [0.1, 0.15) is 22.5 Å². The molecule has 0 fully saturated rings. The third-order valence-electron chi connectivity index (χ3n) is 4.39.